The summed E-state index contributed by atoms with van der Waals surface area (Å²) in [5, 5.41) is 0. The SMILES string of the molecule is NNC(=O)CCCCOc1ccc2c(c1)CCC2. The van der Waals surface area contributed by atoms with Crippen molar-refractivity contribution in [2.24, 2.45) is 5.84 Å². The maximum absolute atomic E-state index is 10.9. The lowest BCUT2D eigenvalue weighted by atomic mass is 10.1. The third-order valence-corrected chi connectivity index (χ3v) is 3.30. The molecule has 0 spiro atoms. The summed E-state index contributed by atoms with van der Waals surface area (Å²) >= 11 is 0. The number of hydrogen-bond acceptors (Lipinski definition) is 3. The molecule has 0 saturated carbocycles. The van der Waals surface area contributed by atoms with Crippen LogP contribution < -0.4 is 16.0 Å². The summed E-state index contributed by atoms with van der Waals surface area (Å²) in [6.07, 6.45) is 5.75. The van der Waals surface area contributed by atoms with Crippen LogP contribution in [-0.4, -0.2) is 12.5 Å². The lowest BCUT2D eigenvalue weighted by molar-refractivity contribution is -0.121. The van der Waals surface area contributed by atoms with Gasteiger partial charge in [0.2, 0.25) is 5.91 Å². The van der Waals surface area contributed by atoms with Crippen molar-refractivity contribution in [3.63, 3.8) is 0 Å². The predicted molar refractivity (Wildman–Crippen MR) is 70.1 cm³/mol. The quantitative estimate of drug-likeness (QED) is 0.349. The predicted octanol–water partition coefficient (Wildman–Crippen LogP) is 1.71. The molecule has 4 nitrogen and oxygen atoms in total. The molecule has 1 amide bonds. The van der Waals surface area contributed by atoms with E-state index in [0.29, 0.717) is 13.0 Å². The highest BCUT2D eigenvalue weighted by Gasteiger charge is 2.10. The molecule has 0 aromatic heterocycles. The van der Waals surface area contributed by atoms with Crippen LogP contribution in [0, 0.1) is 0 Å². The van der Waals surface area contributed by atoms with E-state index in [1.165, 1.54) is 30.4 Å². The number of carbonyl (C=O) groups excluding carboxylic acids is 1. The molecule has 0 fully saturated rings. The number of hydrazine groups is 1. The van der Waals surface area contributed by atoms with Crippen molar-refractivity contribution >= 4 is 5.91 Å². The Labute approximate surface area is 107 Å². The van der Waals surface area contributed by atoms with Crippen LogP contribution in [0.4, 0.5) is 0 Å². The second-order valence-electron chi connectivity index (χ2n) is 4.66. The molecule has 1 aromatic carbocycles. The minimum atomic E-state index is -0.118. The molecule has 3 N–H and O–H groups in total. The minimum Gasteiger partial charge on any atom is -0.494 e. The van der Waals surface area contributed by atoms with Crippen LogP contribution >= 0.6 is 0 Å². The van der Waals surface area contributed by atoms with E-state index in [2.05, 4.69) is 17.6 Å². The molecular weight excluding hydrogens is 228 g/mol. The summed E-state index contributed by atoms with van der Waals surface area (Å²) in [4.78, 5) is 10.9. The number of unbranched alkanes of at least 4 members (excludes halogenated alkanes) is 1. The Morgan fingerprint density at radius 2 is 2.11 bits per heavy atom. The van der Waals surface area contributed by atoms with Crippen molar-refractivity contribution in [2.45, 2.75) is 38.5 Å². The van der Waals surface area contributed by atoms with E-state index in [4.69, 9.17) is 10.6 Å². The van der Waals surface area contributed by atoms with Crippen molar-refractivity contribution in [3.05, 3.63) is 29.3 Å². The highest BCUT2D eigenvalue weighted by molar-refractivity contribution is 5.75. The van der Waals surface area contributed by atoms with Crippen LogP contribution in [0.2, 0.25) is 0 Å². The molecule has 18 heavy (non-hydrogen) atoms. The first-order valence-electron chi connectivity index (χ1n) is 6.53. The number of nitrogens with two attached hydrogens (primary N) is 1. The third kappa shape index (κ3) is 3.47. The van der Waals surface area contributed by atoms with Crippen LogP contribution in [0.15, 0.2) is 18.2 Å². The molecule has 0 bridgehead atoms. The van der Waals surface area contributed by atoms with E-state index in [1.54, 1.807) is 0 Å². The van der Waals surface area contributed by atoms with Crippen LogP contribution in [0.25, 0.3) is 0 Å². The lowest BCUT2D eigenvalue weighted by Gasteiger charge is -2.08. The van der Waals surface area contributed by atoms with Gasteiger partial charge in [0, 0.05) is 6.42 Å². The highest BCUT2D eigenvalue weighted by Crippen LogP contribution is 2.26. The molecule has 1 aliphatic rings. The van der Waals surface area contributed by atoms with Crippen LogP contribution in [0.5, 0.6) is 5.75 Å². The molecule has 0 saturated heterocycles. The fourth-order valence-corrected chi connectivity index (χ4v) is 2.29. The van der Waals surface area contributed by atoms with Crippen LogP contribution in [0.1, 0.15) is 36.8 Å². The molecule has 2 rings (SSSR count). The Kier molecular flexibility index (Phi) is 4.59. The van der Waals surface area contributed by atoms with Crippen molar-refractivity contribution in [3.8, 4) is 5.75 Å². The molecule has 0 radical (unpaired) electrons. The summed E-state index contributed by atoms with van der Waals surface area (Å²) in [6, 6.07) is 6.35. The van der Waals surface area contributed by atoms with Gasteiger partial charge in [-0.25, -0.2) is 5.84 Å². The molecule has 0 atom stereocenters. The van der Waals surface area contributed by atoms with E-state index in [0.717, 1.165) is 18.6 Å². The first kappa shape index (κ1) is 12.9. The molecule has 98 valence electrons. The summed E-state index contributed by atoms with van der Waals surface area (Å²) in [5.74, 6) is 5.82. The normalized spacial score (nSPS) is 13.2. The number of aryl methyl sites for hydroxylation is 2. The fraction of sp³-hybridized carbons (Fsp3) is 0.500. The number of hydrogen-bond donors (Lipinski definition) is 2. The van der Waals surface area contributed by atoms with Crippen molar-refractivity contribution in [1.82, 2.24) is 5.43 Å². The maximum Gasteiger partial charge on any atom is 0.233 e. The summed E-state index contributed by atoms with van der Waals surface area (Å²) < 4.78 is 5.68. The van der Waals surface area contributed by atoms with Gasteiger partial charge in [-0.05, 0) is 55.4 Å². The van der Waals surface area contributed by atoms with Crippen molar-refractivity contribution < 1.29 is 9.53 Å². The number of fused-ring (bicyclic) bond motifs is 1. The smallest absolute Gasteiger partial charge is 0.233 e. The van der Waals surface area contributed by atoms with Gasteiger partial charge in [0.15, 0.2) is 0 Å². The number of rotatable bonds is 6. The van der Waals surface area contributed by atoms with Gasteiger partial charge in [0.05, 0.1) is 6.61 Å². The molecule has 1 aliphatic carbocycles. The van der Waals surface area contributed by atoms with Gasteiger partial charge in [-0.2, -0.15) is 0 Å². The zero-order chi connectivity index (χ0) is 12.8. The summed E-state index contributed by atoms with van der Waals surface area (Å²) in [5.41, 5.74) is 5.01. The fourth-order valence-electron chi connectivity index (χ4n) is 2.29. The summed E-state index contributed by atoms with van der Waals surface area (Å²) in [7, 11) is 0. The Morgan fingerprint density at radius 3 is 2.94 bits per heavy atom. The topological polar surface area (TPSA) is 64.3 Å². The van der Waals surface area contributed by atoms with E-state index in [-0.39, 0.29) is 5.91 Å². The third-order valence-electron chi connectivity index (χ3n) is 3.30. The monoisotopic (exact) mass is 248 g/mol. The zero-order valence-electron chi connectivity index (χ0n) is 10.6. The number of nitrogens with one attached hydrogen (secondary N) is 1. The standard InChI is InChI=1S/C14H20N2O2/c15-16-14(17)6-1-2-9-18-13-8-7-11-4-3-5-12(11)10-13/h7-8,10H,1-6,9,15H2,(H,16,17). The average molecular weight is 248 g/mol. The molecule has 4 heteroatoms. The van der Waals surface area contributed by atoms with Gasteiger partial charge >= 0.3 is 0 Å². The van der Waals surface area contributed by atoms with Crippen molar-refractivity contribution in [2.75, 3.05) is 6.61 Å². The second-order valence-corrected chi connectivity index (χ2v) is 4.66. The Hall–Kier alpha value is -1.55. The largest absolute Gasteiger partial charge is 0.494 e. The van der Waals surface area contributed by atoms with Gasteiger partial charge in [0.1, 0.15) is 5.75 Å². The lowest BCUT2D eigenvalue weighted by Crippen LogP contribution is -2.29. The van der Waals surface area contributed by atoms with Gasteiger partial charge in [-0.1, -0.05) is 6.07 Å². The van der Waals surface area contributed by atoms with Gasteiger partial charge in [-0.3, -0.25) is 10.2 Å². The molecule has 1 aromatic rings. The Bertz CT molecular complexity index is 418. The number of amides is 1. The summed E-state index contributed by atoms with van der Waals surface area (Å²) in [6.45, 7) is 0.649. The second kappa shape index (κ2) is 6.40. The zero-order valence-corrected chi connectivity index (χ0v) is 10.6. The van der Waals surface area contributed by atoms with Gasteiger partial charge in [-0.15, -0.1) is 0 Å². The number of carbonyl (C=O) groups is 1. The van der Waals surface area contributed by atoms with E-state index < -0.39 is 0 Å². The van der Waals surface area contributed by atoms with Crippen LogP contribution in [-0.2, 0) is 17.6 Å². The molecule has 0 heterocycles. The first-order chi connectivity index (χ1) is 8.79. The molecular formula is C14H20N2O2. The van der Waals surface area contributed by atoms with E-state index in [9.17, 15) is 4.79 Å². The van der Waals surface area contributed by atoms with Gasteiger partial charge in [0.25, 0.3) is 0 Å². The molecule has 0 unspecified atom stereocenters. The van der Waals surface area contributed by atoms with Gasteiger partial charge < -0.3 is 4.74 Å². The Morgan fingerprint density at radius 1 is 1.28 bits per heavy atom. The van der Waals surface area contributed by atoms with Crippen molar-refractivity contribution in [1.29, 1.82) is 0 Å². The number of ether oxygens (including phenoxy) is 1. The first-order valence-corrected chi connectivity index (χ1v) is 6.53. The minimum absolute atomic E-state index is 0.118. The molecule has 0 aliphatic heterocycles. The van der Waals surface area contributed by atoms with Crippen LogP contribution in [0.3, 0.4) is 0 Å². The average Bonchev–Trinajstić information content (AvgIpc) is 2.85. The number of benzene rings is 1. The highest BCUT2D eigenvalue weighted by atomic mass is 16.5. The maximum atomic E-state index is 10.9. The van der Waals surface area contributed by atoms with E-state index in [1.807, 2.05) is 6.07 Å². The van der Waals surface area contributed by atoms with E-state index >= 15 is 0 Å². The Balaban J connectivity index is 1.69.